The standard InChI is InChI=1S/C10H5BrN2O5S/c11-8-4-19-10(12-8)18-5-1-2-7(13(16)17)6(3-5)9(14)15/h1-4H,(H,14,15). The Labute approximate surface area is 118 Å². The molecule has 7 nitrogen and oxygen atoms in total. The van der Waals surface area contributed by atoms with Crippen LogP contribution < -0.4 is 4.74 Å². The summed E-state index contributed by atoms with van der Waals surface area (Å²) in [5.41, 5.74) is -0.918. The van der Waals surface area contributed by atoms with Gasteiger partial charge in [-0.05, 0) is 22.0 Å². The lowest BCUT2D eigenvalue weighted by Crippen LogP contribution is -2.02. The zero-order valence-corrected chi connectivity index (χ0v) is 11.5. The van der Waals surface area contributed by atoms with Gasteiger partial charge in [0.2, 0.25) is 0 Å². The summed E-state index contributed by atoms with van der Waals surface area (Å²) in [6.45, 7) is 0. The maximum atomic E-state index is 11.0. The van der Waals surface area contributed by atoms with Crippen LogP contribution in [0.15, 0.2) is 28.2 Å². The number of benzene rings is 1. The molecule has 0 bridgehead atoms. The van der Waals surface area contributed by atoms with Crippen molar-refractivity contribution in [3.63, 3.8) is 0 Å². The number of halogens is 1. The van der Waals surface area contributed by atoms with E-state index < -0.39 is 22.1 Å². The lowest BCUT2D eigenvalue weighted by Gasteiger charge is -2.03. The Morgan fingerprint density at radius 1 is 1.53 bits per heavy atom. The average Bonchev–Trinajstić information content (AvgIpc) is 2.74. The zero-order chi connectivity index (χ0) is 14.0. The van der Waals surface area contributed by atoms with Crippen LogP contribution in [0.25, 0.3) is 0 Å². The van der Waals surface area contributed by atoms with Crippen LogP contribution in [0.2, 0.25) is 0 Å². The molecule has 0 spiro atoms. The maximum absolute atomic E-state index is 11.0. The van der Waals surface area contributed by atoms with E-state index >= 15 is 0 Å². The number of carbonyl (C=O) groups is 1. The van der Waals surface area contributed by atoms with Crippen molar-refractivity contribution in [1.82, 2.24) is 4.98 Å². The Balaban J connectivity index is 2.35. The Morgan fingerprint density at radius 2 is 2.26 bits per heavy atom. The van der Waals surface area contributed by atoms with Gasteiger partial charge in [0, 0.05) is 17.5 Å². The molecule has 98 valence electrons. The average molecular weight is 345 g/mol. The molecule has 0 atom stereocenters. The van der Waals surface area contributed by atoms with Crippen LogP contribution in [0.4, 0.5) is 5.69 Å². The van der Waals surface area contributed by atoms with Gasteiger partial charge in [0.25, 0.3) is 10.9 Å². The zero-order valence-electron chi connectivity index (χ0n) is 9.07. The largest absolute Gasteiger partial charge is 0.477 e. The highest BCUT2D eigenvalue weighted by Gasteiger charge is 2.20. The number of carboxylic acids is 1. The third kappa shape index (κ3) is 3.06. The van der Waals surface area contributed by atoms with E-state index in [1.807, 2.05) is 0 Å². The van der Waals surface area contributed by atoms with Crippen molar-refractivity contribution >= 4 is 38.9 Å². The third-order valence-electron chi connectivity index (χ3n) is 2.06. The summed E-state index contributed by atoms with van der Waals surface area (Å²) >= 11 is 4.36. The van der Waals surface area contributed by atoms with Crippen molar-refractivity contribution in [3.05, 3.63) is 43.9 Å². The van der Waals surface area contributed by atoms with E-state index in [9.17, 15) is 14.9 Å². The molecule has 0 radical (unpaired) electrons. The normalized spacial score (nSPS) is 10.2. The van der Waals surface area contributed by atoms with E-state index in [1.54, 1.807) is 5.38 Å². The van der Waals surface area contributed by atoms with E-state index in [-0.39, 0.29) is 5.75 Å². The molecule has 0 aliphatic heterocycles. The van der Waals surface area contributed by atoms with Crippen molar-refractivity contribution in [2.45, 2.75) is 0 Å². The fraction of sp³-hybridized carbons (Fsp3) is 0. The van der Waals surface area contributed by atoms with Gasteiger partial charge in [-0.25, -0.2) is 4.79 Å². The predicted octanol–water partition coefficient (Wildman–Crippen LogP) is 3.30. The molecule has 2 aromatic rings. The summed E-state index contributed by atoms with van der Waals surface area (Å²) in [5, 5.41) is 21.6. The minimum atomic E-state index is -1.39. The van der Waals surface area contributed by atoms with Crippen LogP contribution in [-0.2, 0) is 0 Å². The molecule has 1 aromatic heterocycles. The Bertz CT molecular complexity index is 657. The second-order valence-corrected chi connectivity index (χ2v) is 4.91. The lowest BCUT2D eigenvalue weighted by atomic mass is 10.2. The van der Waals surface area contributed by atoms with Gasteiger partial charge in [0.15, 0.2) is 0 Å². The number of carboxylic acid groups (broad SMARTS) is 1. The van der Waals surface area contributed by atoms with E-state index in [2.05, 4.69) is 20.9 Å². The first-order valence-electron chi connectivity index (χ1n) is 4.78. The van der Waals surface area contributed by atoms with Gasteiger partial charge in [0.1, 0.15) is 15.9 Å². The van der Waals surface area contributed by atoms with E-state index in [1.165, 1.54) is 17.4 Å². The molecular weight excluding hydrogens is 340 g/mol. The van der Waals surface area contributed by atoms with Crippen molar-refractivity contribution < 1.29 is 19.6 Å². The molecule has 0 fully saturated rings. The Morgan fingerprint density at radius 3 is 2.79 bits per heavy atom. The molecule has 1 N–H and O–H groups in total. The highest BCUT2D eigenvalue weighted by Crippen LogP contribution is 2.30. The number of ether oxygens (including phenoxy) is 1. The summed E-state index contributed by atoms with van der Waals surface area (Å²) in [6.07, 6.45) is 0. The molecule has 1 aromatic carbocycles. The molecule has 1 heterocycles. The van der Waals surface area contributed by atoms with Crippen LogP contribution >= 0.6 is 27.3 Å². The van der Waals surface area contributed by atoms with Crippen LogP contribution in [-0.4, -0.2) is 21.0 Å². The number of nitro benzene ring substituents is 1. The lowest BCUT2D eigenvalue weighted by molar-refractivity contribution is -0.385. The smallest absolute Gasteiger partial charge is 0.342 e. The van der Waals surface area contributed by atoms with E-state index in [0.717, 1.165) is 12.1 Å². The Hall–Kier alpha value is -2.00. The minimum absolute atomic E-state index is 0.171. The van der Waals surface area contributed by atoms with Crippen LogP contribution in [0.1, 0.15) is 10.4 Å². The first-order valence-corrected chi connectivity index (χ1v) is 6.45. The SMILES string of the molecule is O=C(O)c1cc(Oc2nc(Br)cs2)ccc1[N+](=O)[O-]. The van der Waals surface area contributed by atoms with Crippen molar-refractivity contribution in [2.24, 2.45) is 0 Å². The van der Waals surface area contributed by atoms with Gasteiger partial charge in [-0.3, -0.25) is 10.1 Å². The Kier molecular flexibility index (Phi) is 3.76. The fourth-order valence-electron chi connectivity index (χ4n) is 1.30. The first kappa shape index (κ1) is 13.4. The number of rotatable bonds is 4. The van der Waals surface area contributed by atoms with Gasteiger partial charge >= 0.3 is 5.97 Å². The maximum Gasteiger partial charge on any atom is 0.342 e. The number of nitrogens with zero attached hydrogens (tertiary/aromatic N) is 2. The van der Waals surface area contributed by atoms with Gasteiger partial charge in [-0.2, -0.15) is 4.98 Å². The number of aromatic carboxylic acids is 1. The van der Waals surface area contributed by atoms with Crippen LogP contribution in [0.5, 0.6) is 10.9 Å². The number of thiazole rings is 1. The number of aromatic nitrogens is 1. The quantitative estimate of drug-likeness (QED) is 0.674. The van der Waals surface area contributed by atoms with Crippen molar-refractivity contribution in [2.75, 3.05) is 0 Å². The summed E-state index contributed by atoms with van der Waals surface area (Å²) in [7, 11) is 0. The van der Waals surface area contributed by atoms with E-state index in [4.69, 9.17) is 9.84 Å². The molecule has 0 saturated heterocycles. The van der Waals surface area contributed by atoms with Crippen molar-refractivity contribution in [3.8, 4) is 10.9 Å². The summed E-state index contributed by atoms with van der Waals surface area (Å²) in [6, 6.07) is 3.50. The molecule has 0 aliphatic carbocycles. The van der Waals surface area contributed by atoms with Crippen LogP contribution in [0, 0.1) is 10.1 Å². The number of hydrogen-bond donors (Lipinski definition) is 1. The highest BCUT2D eigenvalue weighted by molar-refractivity contribution is 9.10. The van der Waals surface area contributed by atoms with Crippen molar-refractivity contribution in [1.29, 1.82) is 0 Å². The van der Waals surface area contributed by atoms with Gasteiger partial charge in [-0.1, -0.05) is 11.3 Å². The van der Waals surface area contributed by atoms with Gasteiger partial charge < -0.3 is 9.84 Å². The molecule has 0 aliphatic rings. The second-order valence-electron chi connectivity index (χ2n) is 3.28. The number of hydrogen-bond acceptors (Lipinski definition) is 6. The predicted molar refractivity (Wildman–Crippen MR) is 69.9 cm³/mol. The van der Waals surface area contributed by atoms with Gasteiger partial charge in [0.05, 0.1) is 4.92 Å². The van der Waals surface area contributed by atoms with E-state index in [0.29, 0.717) is 9.80 Å². The van der Waals surface area contributed by atoms with Gasteiger partial charge in [-0.15, -0.1) is 0 Å². The molecule has 0 amide bonds. The topological polar surface area (TPSA) is 103 Å². The molecule has 19 heavy (non-hydrogen) atoms. The second kappa shape index (κ2) is 5.33. The highest BCUT2D eigenvalue weighted by atomic mass is 79.9. The first-order chi connectivity index (χ1) is 8.97. The summed E-state index contributed by atoms with van der Waals surface area (Å²) < 4.78 is 5.91. The molecule has 2 rings (SSSR count). The minimum Gasteiger partial charge on any atom is -0.477 e. The summed E-state index contributed by atoms with van der Waals surface area (Å²) in [5.74, 6) is -1.22. The summed E-state index contributed by atoms with van der Waals surface area (Å²) in [4.78, 5) is 24.9. The molecule has 9 heteroatoms. The molecular formula is C10H5BrN2O5S. The monoisotopic (exact) mass is 344 g/mol. The molecule has 0 saturated carbocycles. The molecule has 0 unspecified atom stereocenters. The fourth-order valence-corrected chi connectivity index (χ4v) is 2.40. The third-order valence-corrected chi connectivity index (χ3v) is 3.48. The van der Waals surface area contributed by atoms with Crippen LogP contribution in [0.3, 0.4) is 0 Å². The number of nitro groups is 1.